The summed E-state index contributed by atoms with van der Waals surface area (Å²) in [6.45, 7) is 8.38. The molecule has 0 heterocycles. The third-order valence-electron chi connectivity index (χ3n) is 2.58. The first-order valence-corrected chi connectivity index (χ1v) is 6.37. The van der Waals surface area contributed by atoms with E-state index >= 15 is 0 Å². The number of aliphatic hydroxyl groups is 1. The topological polar surface area (TPSA) is 20.2 Å². The van der Waals surface area contributed by atoms with Crippen LogP contribution < -0.4 is 0 Å². The van der Waals surface area contributed by atoms with Crippen molar-refractivity contribution in [2.75, 3.05) is 6.61 Å². The molecule has 1 aliphatic rings. The summed E-state index contributed by atoms with van der Waals surface area (Å²) in [5.74, 6) is 0. The van der Waals surface area contributed by atoms with Gasteiger partial charge in [-0.15, -0.1) is 66.3 Å². The minimum atomic E-state index is 0. The number of halogens is 2. The number of allylic oxidation sites excluding steroid dienone is 4. The first-order chi connectivity index (χ1) is 8.42. The van der Waals surface area contributed by atoms with E-state index in [1.165, 1.54) is 16.7 Å². The van der Waals surface area contributed by atoms with Crippen LogP contribution >= 0.6 is 24.8 Å². The van der Waals surface area contributed by atoms with E-state index in [-0.39, 0.29) is 58.6 Å². The second-order valence-electron chi connectivity index (χ2n) is 5.82. The van der Waals surface area contributed by atoms with E-state index in [0.29, 0.717) is 0 Å². The molecule has 21 heavy (non-hydrogen) atoms. The Bertz CT molecular complexity index is 434. The van der Waals surface area contributed by atoms with Crippen molar-refractivity contribution in [2.24, 2.45) is 5.41 Å². The fourth-order valence-corrected chi connectivity index (χ4v) is 1.44. The van der Waals surface area contributed by atoms with E-state index in [1.807, 2.05) is 32.9 Å². The molecule has 0 amide bonds. The van der Waals surface area contributed by atoms with Crippen molar-refractivity contribution < 1.29 is 26.8 Å². The monoisotopic (exact) mass is 363 g/mol. The van der Waals surface area contributed by atoms with Crippen LogP contribution in [0.5, 0.6) is 0 Å². The maximum atomic E-state index is 8.40. The van der Waals surface area contributed by atoms with Gasteiger partial charge in [0, 0.05) is 28.3 Å². The van der Waals surface area contributed by atoms with Gasteiger partial charge in [0.25, 0.3) is 0 Å². The van der Waals surface area contributed by atoms with Gasteiger partial charge in [-0.25, -0.2) is 0 Å². The van der Waals surface area contributed by atoms with Crippen molar-refractivity contribution >= 4 is 30.4 Å². The molecule has 1 N–H and O–H groups in total. The molecule has 2 rings (SSSR count). The Morgan fingerprint density at radius 2 is 1.76 bits per heavy atom. The van der Waals surface area contributed by atoms with Gasteiger partial charge in [0.1, 0.15) is 0 Å². The smallest absolute Gasteiger partial charge is 0.0479 e. The average Bonchev–Trinajstić information content (AvgIpc) is 2.77. The van der Waals surface area contributed by atoms with E-state index < -0.39 is 0 Å². The standard InChI is InChI=1S/C12H11.C5H12O.2ClH.Ti/c1-10-7-8-12(9-10)11-5-3-2-4-6-11;1-5(2,3)4-6;;;/h2-5,7,9H,8H2,1H3;6H,4H2,1-3H3;2*1H;/q-1;;;;. The second kappa shape index (κ2) is 12.5. The Kier molecular flexibility index (Phi) is 15.4. The minimum absolute atomic E-state index is 0. The summed E-state index contributed by atoms with van der Waals surface area (Å²) in [6, 6.07) is 11.4. The van der Waals surface area contributed by atoms with Crippen LogP contribution in [0.4, 0.5) is 0 Å². The molecule has 0 spiro atoms. The van der Waals surface area contributed by atoms with Gasteiger partial charge >= 0.3 is 0 Å². The Balaban J connectivity index is -0.000000320. The van der Waals surface area contributed by atoms with Gasteiger partial charge in [-0.3, -0.25) is 0 Å². The van der Waals surface area contributed by atoms with Crippen molar-refractivity contribution in [3.8, 4) is 0 Å². The molecule has 0 saturated heterocycles. The summed E-state index contributed by atoms with van der Waals surface area (Å²) in [7, 11) is 0. The molecule has 1 aliphatic carbocycles. The molecule has 0 aromatic heterocycles. The third kappa shape index (κ3) is 11.2. The summed E-state index contributed by atoms with van der Waals surface area (Å²) in [4.78, 5) is 0. The molecule has 0 atom stereocenters. The molecule has 118 valence electrons. The predicted octanol–water partition coefficient (Wildman–Crippen LogP) is 5.09. The number of hydrogen-bond donors (Lipinski definition) is 1. The average molecular weight is 364 g/mol. The van der Waals surface area contributed by atoms with Crippen LogP contribution in [0.3, 0.4) is 0 Å². The van der Waals surface area contributed by atoms with Crippen LogP contribution in [0.15, 0.2) is 42.0 Å². The Labute approximate surface area is 156 Å². The minimum Gasteiger partial charge on any atom is -0.396 e. The molecular weight excluding hydrogens is 339 g/mol. The van der Waals surface area contributed by atoms with E-state index in [0.717, 1.165) is 6.42 Å². The molecule has 0 aliphatic heterocycles. The van der Waals surface area contributed by atoms with Crippen molar-refractivity contribution in [3.63, 3.8) is 0 Å². The van der Waals surface area contributed by atoms with Gasteiger partial charge < -0.3 is 5.11 Å². The number of rotatable bonds is 1. The van der Waals surface area contributed by atoms with Gasteiger partial charge in [-0.05, 0) is 18.8 Å². The zero-order valence-corrected chi connectivity index (χ0v) is 16.3. The van der Waals surface area contributed by atoms with Crippen molar-refractivity contribution in [3.05, 3.63) is 53.6 Å². The quantitative estimate of drug-likeness (QED) is 0.544. The van der Waals surface area contributed by atoms with Crippen molar-refractivity contribution in [1.82, 2.24) is 0 Å². The van der Waals surface area contributed by atoms with Crippen LogP contribution in [0.1, 0.15) is 39.7 Å². The van der Waals surface area contributed by atoms with E-state index in [2.05, 4.69) is 37.3 Å². The van der Waals surface area contributed by atoms with Gasteiger partial charge in [0.2, 0.25) is 0 Å². The molecule has 0 unspecified atom stereocenters. The predicted molar refractivity (Wildman–Crippen MR) is 92.7 cm³/mol. The molecular formula is C17H25Cl2OTi-. The maximum absolute atomic E-state index is 8.40. The van der Waals surface area contributed by atoms with Gasteiger partial charge in [-0.2, -0.15) is 0 Å². The first kappa shape index (κ1) is 25.9. The summed E-state index contributed by atoms with van der Waals surface area (Å²) < 4.78 is 0. The van der Waals surface area contributed by atoms with Gasteiger partial charge in [0.15, 0.2) is 0 Å². The molecule has 1 aromatic carbocycles. The van der Waals surface area contributed by atoms with E-state index in [4.69, 9.17) is 5.11 Å². The molecule has 0 saturated carbocycles. The van der Waals surface area contributed by atoms with Crippen LogP contribution in [-0.2, 0) is 21.7 Å². The van der Waals surface area contributed by atoms with Crippen LogP contribution in [0.2, 0.25) is 0 Å². The number of aliphatic hydroxyl groups excluding tert-OH is 1. The largest absolute Gasteiger partial charge is 0.396 e. The van der Waals surface area contributed by atoms with Gasteiger partial charge in [-0.1, -0.05) is 38.5 Å². The first-order valence-electron chi connectivity index (χ1n) is 6.37. The summed E-state index contributed by atoms with van der Waals surface area (Å²) in [6.07, 6.45) is 5.54. The maximum Gasteiger partial charge on any atom is 0.0479 e. The SMILES string of the molecule is CC(C)(C)CO.CC1=CCC(c2[c-]cccc2)=C1.Cl.Cl.[Ti]. The fraction of sp³-hybridized carbons (Fsp3) is 0.412. The zero-order valence-electron chi connectivity index (χ0n) is 13.1. The van der Waals surface area contributed by atoms with Gasteiger partial charge in [0.05, 0.1) is 0 Å². The second-order valence-corrected chi connectivity index (χ2v) is 5.82. The van der Waals surface area contributed by atoms with Crippen molar-refractivity contribution in [1.29, 1.82) is 0 Å². The van der Waals surface area contributed by atoms with E-state index in [9.17, 15) is 0 Å². The van der Waals surface area contributed by atoms with Crippen LogP contribution in [0.25, 0.3) is 5.57 Å². The molecule has 0 fully saturated rings. The molecule has 4 heteroatoms. The normalized spacial score (nSPS) is 12.4. The Morgan fingerprint density at radius 3 is 2.10 bits per heavy atom. The fourth-order valence-electron chi connectivity index (χ4n) is 1.44. The Morgan fingerprint density at radius 1 is 1.19 bits per heavy atom. The molecule has 1 aromatic rings. The summed E-state index contributed by atoms with van der Waals surface area (Å²) in [5, 5.41) is 8.40. The third-order valence-corrected chi connectivity index (χ3v) is 2.58. The van der Waals surface area contributed by atoms with E-state index in [1.54, 1.807) is 0 Å². The van der Waals surface area contributed by atoms with Crippen LogP contribution in [0, 0.1) is 11.5 Å². The van der Waals surface area contributed by atoms with Crippen LogP contribution in [-0.4, -0.2) is 11.7 Å². The molecule has 0 bridgehead atoms. The summed E-state index contributed by atoms with van der Waals surface area (Å²) >= 11 is 0. The zero-order chi connectivity index (χ0) is 13.6. The van der Waals surface area contributed by atoms with Crippen molar-refractivity contribution in [2.45, 2.75) is 34.1 Å². The molecule has 1 nitrogen and oxygen atoms in total. The molecule has 0 radical (unpaired) electrons. The Hall–Kier alpha value is -0.0457. The number of benzene rings is 1. The number of hydrogen-bond acceptors (Lipinski definition) is 1. The summed E-state index contributed by atoms with van der Waals surface area (Å²) in [5.41, 5.74) is 4.07.